The first kappa shape index (κ1) is 35.0. The Kier molecular flexibility index (Phi) is 10.8. The van der Waals surface area contributed by atoms with Crippen molar-refractivity contribution in [3.05, 3.63) is 133 Å². The van der Waals surface area contributed by atoms with Crippen LogP contribution < -0.4 is 16.0 Å². The summed E-state index contributed by atoms with van der Waals surface area (Å²) in [5.41, 5.74) is -1.07. The number of nitro groups is 1. The number of amides is 2. The second-order valence-electron chi connectivity index (χ2n) is 10.4. The van der Waals surface area contributed by atoms with Gasteiger partial charge in [-0.05, 0) is 43.7 Å². The molecule has 0 saturated carbocycles. The van der Waals surface area contributed by atoms with E-state index < -0.39 is 60.0 Å². The molecule has 49 heavy (non-hydrogen) atoms. The molecule has 5 N–H and O–H groups in total. The number of hydrogen-bond acceptors (Lipinski definition) is 11. The normalized spacial score (nSPS) is 12.8. The van der Waals surface area contributed by atoms with Gasteiger partial charge in [-0.25, -0.2) is 19.2 Å². The van der Waals surface area contributed by atoms with Crippen molar-refractivity contribution in [1.82, 2.24) is 16.0 Å². The van der Waals surface area contributed by atoms with Crippen molar-refractivity contribution in [1.29, 1.82) is 0 Å². The number of benzene rings is 3. The molecule has 0 radical (unpaired) electrons. The number of esters is 2. The topological polar surface area (TPSA) is 241 Å². The van der Waals surface area contributed by atoms with Gasteiger partial charge in [-0.15, -0.1) is 0 Å². The number of carboxylic acid groups (broad SMARTS) is 2. The Hall–Kier alpha value is -6.84. The molecule has 4 rings (SSSR count). The van der Waals surface area contributed by atoms with Crippen LogP contribution in [-0.2, 0) is 19.1 Å². The van der Waals surface area contributed by atoms with E-state index in [1.165, 1.54) is 80.6 Å². The van der Waals surface area contributed by atoms with Gasteiger partial charge in [0.25, 0.3) is 17.5 Å². The Morgan fingerprint density at radius 2 is 1.14 bits per heavy atom. The summed E-state index contributed by atoms with van der Waals surface area (Å²) in [7, 11) is 0. The van der Waals surface area contributed by atoms with Gasteiger partial charge in [-0.3, -0.25) is 19.7 Å². The summed E-state index contributed by atoms with van der Waals surface area (Å²) in [6, 6.07) is 15.9. The molecule has 1 heterocycles. The molecule has 3 aromatic carbocycles. The van der Waals surface area contributed by atoms with Crippen LogP contribution in [0.4, 0.5) is 5.69 Å². The highest BCUT2D eigenvalue weighted by Crippen LogP contribution is 2.40. The van der Waals surface area contributed by atoms with E-state index in [1.807, 2.05) is 0 Å². The molecule has 252 valence electrons. The van der Waals surface area contributed by atoms with E-state index >= 15 is 0 Å². The number of carbonyl (C=O) groups excluding carboxylic acids is 4. The summed E-state index contributed by atoms with van der Waals surface area (Å²) in [6.07, 6.45) is 0. The molecule has 0 atom stereocenters. The van der Waals surface area contributed by atoms with E-state index in [1.54, 1.807) is 0 Å². The van der Waals surface area contributed by atoms with Crippen molar-refractivity contribution < 1.29 is 53.4 Å². The lowest BCUT2D eigenvalue weighted by Gasteiger charge is -2.30. The smallest absolute Gasteiger partial charge is 0.338 e. The lowest BCUT2D eigenvalue weighted by molar-refractivity contribution is -0.384. The number of nitro benzene ring substituents is 1. The van der Waals surface area contributed by atoms with E-state index in [0.717, 1.165) is 6.07 Å². The fraction of sp³-hybridized carbons (Fsp3) is 0.152. The summed E-state index contributed by atoms with van der Waals surface area (Å²) < 4.78 is 10.6. The van der Waals surface area contributed by atoms with Crippen molar-refractivity contribution in [2.45, 2.75) is 19.8 Å². The van der Waals surface area contributed by atoms with E-state index in [2.05, 4.69) is 16.0 Å². The number of carbonyl (C=O) groups is 6. The molecule has 0 saturated heterocycles. The molecule has 3 aromatic rings. The molecule has 0 bridgehead atoms. The number of nitrogens with zero attached hydrogens (tertiary/aromatic N) is 1. The Balaban J connectivity index is 1.58. The third-order valence-electron chi connectivity index (χ3n) is 7.29. The highest BCUT2D eigenvalue weighted by Gasteiger charge is 2.39. The predicted octanol–water partition coefficient (Wildman–Crippen LogP) is 3.09. The Morgan fingerprint density at radius 1 is 0.714 bits per heavy atom. The molecule has 0 aliphatic carbocycles. The van der Waals surface area contributed by atoms with E-state index in [4.69, 9.17) is 9.47 Å². The fourth-order valence-corrected chi connectivity index (χ4v) is 5.10. The van der Waals surface area contributed by atoms with E-state index in [-0.39, 0.29) is 56.0 Å². The molecule has 1 aliphatic heterocycles. The molecule has 16 nitrogen and oxygen atoms in total. The van der Waals surface area contributed by atoms with Gasteiger partial charge in [0.1, 0.15) is 0 Å². The molecule has 0 unspecified atom stereocenters. The average molecular weight is 673 g/mol. The molecular weight excluding hydrogens is 644 g/mol. The molecular formula is C33H28N4O12. The maximum Gasteiger partial charge on any atom is 0.338 e. The minimum absolute atomic E-state index is 0.132. The minimum Gasteiger partial charge on any atom is -0.478 e. The highest BCUT2D eigenvalue weighted by molar-refractivity contribution is 6.06. The lowest BCUT2D eigenvalue weighted by Crippen LogP contribution is -2.36. The average Bonchev–Trinajstić information content (AvgIpc) is 3.07. The zero-order chi connectivity index (χ0) is 35.8. The molecule has 2 amide bonds. The number of ether oxygens (including phenoxy) is 2. The maximum absolute atomic E-state index is 13.5. The molecule has 1 aliphatic rings. The third kappa shape index (κ3) is 7.94. The fourth-order valence-electron chi connectivity index (χ4n) is 5.10. The van der Waals surface area contributed by atoms with Crippen molar-refractivity contribution in [3.63, 3.8) is 0 Å². The van der Waals surface area contributed by atoms with Crippen LogP contribution in [0.25, 0.3) is 0 Å². The number of non-ortho nitro benzene ring substituents is 1. The number of nitrogens with one attached hydrogen (secondary N) is 3. The van der Waals surface area contributed by atoms with E-state index in [9.17, 15) is 49.1 Å². The predicted molar refractivity (Wildman–Crippen MR) is 168 cm³/mol. The van der Waals surface area contributed by atoms with Gasteiger partial charge in [0.2, 0.25) is 0 Å². The summed E-state index contributed by atoms with van der Waals surface area (Å²) in [6.45, 7) is 1.56. The zero-order valence-electron chi connectivity index (χ0n) is 25.8. The van der Waals surface area contributed by atoms with Gasteiger partial charge in [0.05, 0.1) is 44.2 Å². The zero-order valence-corrected chi connectivity index (χ0v) is 25.8. The number of carboxylic acids is 2. The van der Waals surface area contributed by atoms with Crippen LogP contribution in [0.5, 0.6) is 0 Å². The number of hydrogen-bond donors (Lipinski definition) is 5. The van der Waals surface area contributed by atoms with Crippen molar-refractivity contribution in [2.75, 3.05) is 13.5 Å². The summed E-state index contributed by atoms with van der Waals surface area (Å²) >= 11 is 0. The molecule has 0 aromatic heterocycles. The number of rotatable bonds is 12. The Morgan fingerprint density at radius 3 is 1.55 bits per heavy atom. The number of dihydropyridines is 1. The highest BCUT2D eigenvalue weighted by atomic mass is 16.6. The van der Waals surface area contributed by atoms with Crippen molar-refractivity contribution in [3.8, 4) is 0 Å². The van der Waals surface area contributed by atoms with E-state index in [0.29, 0.717) is 0 Å². The lowest BCUT2D eigenvalue weighted by atomic mass is 9.80. The summed E-state index contributed by atoms with van der Waals surface area (Å²) in [5, 5.41) is 37.8. The van der Waals surface area contributed by atoms with Crippen LogP contribution in [0.2, 0.25) is 0 Å². The maximum atomic E-state index is 13.5. The Labute approximate surface area is 277 Å². The first-order chi connectivity index (χ1) is 23.3. The number of allylic oxidation sites excluding steroid dienone is 2. The van der Waals surface area contributed by atoms with Gasteiger partial charge in [-0.1, -0.05) is 36.4 Å². The van der Waals surface area contributed by atoms with Crippen LogP contribution in [0, 0.1) is 10.1 Å². The monoisotopic (exact) mass is 672 g/mol. The van der Waals surface area contributed by atoms with Gasteiger partial charge in [0, 0.05) is 23.5 Å². The SMILES string of the molecule is CC1=C(C(=O)OCNC(=O)c2ccccc2C(=O)O)C(c2cccc([N+](=O)[O-])c2)C(C(=O)OCNC(=O)c2ccccc2C(=O)O)=C(C)N1. The minimum atomic E-state index is -1.34. The quantitative estimate of drug-likeness (QED) is 0.0805. The van der Waals surface area contributed by atoms with Crippen molar-refractivity contribution in [2.24, 2.45) is 0 Å². The van der Waals surface area contributed by atoms with Crippen LogP contribution >= 0.6 is 0 Å². The Bertz CT molecular complexity index is 1840. The van der Waals surface area contributed by atoms with Crippen LogP contribution in [0.1, 0.15) is 66.8 Å². The molecule has 0 fully saturated rings. The van der Waals surface area contributed by atoms with Crippen LogP contribution in [0.15, 0.2) is 95.3 Å². The third-order valence-corrected chi connectivity index (χ3v) is 7.29. The first-order valence-corrected chi connectivity index (χ1v) is 14.3. The first-order valence-electron chi connectivity index (χ1n) is 14.3. The molecule has 16 heteroatoms. The largest absolute Gasteiger partial charge is 0.478 e. The standard InChI is InChI=1S/C33H28N4O12/c1-17-25(32(44)48-15-34-28(38)21-10-3-5-12-23(21)30(40)41)27(19-8-7-9-20(14-19)37(46)47)26(18(2)36-17)33(45)49-16-35-29(39)22-11-4-6-13-24(22)31(42)43/h3-14,27,36H,15-16H2,1-2H3,(H,34,38)(H,35,39)(H,40,41)(H,42,43). The van der Waals surface area contributed by atoms with Gasteiger partial charge in [0.15, 0.2) is 13.5 Å². The van der Waals surface area contributed by atoms with Crippen LogP contribution in [-0.4, -0.2) is 64.3 Å². The van der Waals surface area contributed by atoms with Gasteiger partial charge >= 0.3 is 23.9 Å². The van der Waals surface area contributed by atoms with Gasteiger partial charge in [-0.2, -0.15) is 0 Å². The summed E-state index contributed by atoms with van der Waals surface area (Å²) in [4.78, 5) is 86.4. The second-order valence-corrected chi connectivity index (χ2v) is 10.4. The van der Waals surface area contributed by atoms with Gasteiger partial charge < -0.3 is 35.6 Å². The second kappa shape index (κ2) is 15.2. The molecule has 0 spiro atoms. The van der Waals surface area contributed by atoms with Crippen LogP contribution in [0.3, 0.4) is 0 Å². The summed E-state index contributed by atoms with van der Waals surface area (Å²) in [5.74, 6) is -7.75. The van der Waals surface area contributed by atoms with Crippen molar-refractivity contribution >= 4 is 41.4 Å². The number of aromatic carboxylic acids is 2.